The number of urea groups is 1. The fraction of sp³-hybridized carbons (Fsp3) is 0.400. The van der Waals surface area contributed by atoms with E-state index in [0.717, 1.165) is 17.9 Å². The first-order valence-electron chi connectivity index (χ1n) is 7.24. The van der Waals surface area contributed by atoms with E-state index in [0.29, 0.717) is 18.0 Å². The van der Waals surface area contributed by atoms with Crippen LogP contribution in [0.3, 0.4) is 0 Å². The topological polar surface area (TPSA) is 71.8 Å². The smallest absolute Gasteiger partial charge is 0.315 e. The number of nitrogens with zero attached hydrogens (tertiary/aromatic N) is 3. The van der Waals surface area contributed by atoms with Gasteiger partial charge in [-0.15, -0.1) is 10.2 Å². The molecule has 0 bridgehead atoms. The molecule has 118 valence electrons. The average Bonchev–Trinajstić information content (AvgIpc) is 2.95. The van der Waals surface area contributed by atoms with Crippen LogP contribution in [-0.4, -0.2) is 26.8 Å². The fourth-order valence-electron chi connectivity index (χ4n) is 2.16. The van der Waals surface area contributed by atoms with Crippen LogP contribution in [0.1, 0.15) is 25.2 Å². The molecular formula is C15H20ClN5O. The minimum Gasteiger partial charge on any atom is -0.335 e. The molecule has 0 aliphatic rings. The molecule has 1 aromatic heterocycles. The molecule has 1 atom stereocenters. The van der Waals surface area contributed by atoms with Crippen LogP contribution < -0.4 is 10.6 Å². The third-order valence-electron chi connectivity index (χ3n) is 3.30. The molecular weight excluding hydrogens is 302 g/mol. The number of amides is 2. The second-order valence-corrected chi connectivity index (χ2v) is 5.46. The van der Waals surface area contributed by atoms with E-state index < -0.39 is 0 Å². The molecule has 1 aromatic carbocycles. The van der Waals surface area contributed by atoms with E-state index in [-0.39, 0.29) is 12.1 Å². The summed E-state index contributed by atoms with van der Waals surface area (Å²) in [5, 5.41) is 14.2. The second-order valence-electron chi connectivity index (χ2n) is 5.06. The highest BCUT2D eigenvalue weighted by Crippen LogP contribution is 2.16. The summed E-state index contributed by atoms with van der Waals surface area (Å²) < 4.78 is 1.88. The fourth-order valence-corrected chi connectivity index (χ4v) is 2.37. The number of hydrogen-bond acceptors (Lipinski definition) is 3. The van der Waals surface area contributed by atoms with Gasteiger partial charge < -0.3 is 15.2 Å². The van der Waals surface area contributed by atoms with Gasteiger partial charge in [0.2, 0.25) is 0 Å². The van der Waals surface area contributed by atoms with Gasteiger partial charge in [0.05, 0.1) is 6.54 Å². The van der Waals surface area contributed by atoms with E-state index in [4.69, 9.17) is 11.6 Å². The molecule has 0 aliphatic carbocycles. The predicted molar refractivity (Wildman–Crippen MR) is 85.7 cm³/mol. The molecule has 0 radical (unpaired) electrons. The Balaban J connectivity index is 1.80. The Morgan fingerprint density at radius 2 is 2.18 bits per heavy atom. The Morgan fingerprint density at radius 1 is 1.41 bits per heavy atom. The van der Waals surface area contributed by atoms with Crippen LogP contribution in [0.2, 0.25) is 5.02 Å². The number of aryl methyl sites for hydroxylation is 1. The van der Waals surface area contributed by atoms with Crippen LogP contribution in [0.25, 0.3) is 0 Å². The molecule has 0 saturated carbocycles. The zero-order valence-electron chi connectivity index (χ0n) is 12.7. The number of nitrogens with one attached hydrogen (secondary N) is 2. The molecule has 22 heavy (non-hydrogen) atoms. The van der Waals surface area contributed by atoms with Crippen molar-refractivity contribution in [1.82, 2.24) is 25.4 Å². The van der Waals surface area contributed by atoms with Crippen molar-refractivity contribution in [2.45, 2.75) is 39.4 Å². The van der Waals surface area contributed by atoms with Gasteiger partial charge in [-0.25, -0.2) is 4.79 Å². The van der Waals surface area contributed by atoms with Crippen molar-refractivity contribution in [2.24, 2.45) is 0 Å². The van der Waals surface area contributed by atoms with Crippen LogP contribution in [0.5, 0.6) is 0 Å². The average molecular weight is 322 g/mol. The summed E-state index contributed by atoms with van der Waals surface area (Å²) in [7, 11) is 0. The van der Waals surface area contributed by atoms with Gasteiger partial charge in [0.15, 0.2) is 5.82 Å². The van der Waals surface area contributed by atoms with Gasteiger partial charge in [-0.3, -0.25) is 0 Å². The van der Waals surface area contributed by atoms with Crippen molar-refractivity contribution < 1.29 is 4.79 Å². The lowest BCUT2D eigenvalue weighted by atomic mass is 10.1. The van der Waals surface area contributed by atoms with Crippen molar-refractivity contribution in [3.05, 3.63) is 47.0 Å². The Morgan fingerprint density at radius 3 is 2.91 bits per heavy atom. The summed E-state index contributed by atoms with van der Waals surface area (Å²) in [6.45, 7) is 5.06. The monoisotopic (exact) mass is 321 g/mol. The van der Waals surface area contributed by atoms with Crippen LogP contribution >= 0.6 is 11.6 Å². The van der Waals surface area contributed by atoms with Gasteiger partial charge in [0, 0.05) is 17.6 Å². The highest BCUT2D eigenvalue weighted by molar-refractivity contribution is 6.31. The largest absolute Gasteiger partial charge is 0.335 e. The Bertz CT molecular complexity index is 628. The van der Waals surface area contributed by atoms with Crippen molar-refractivity contribution in [2.75, 3.05) is 0 Å². The lowest BCUT2D eigenvalue weighted by Crippen LogP contribution is -2.41. The zero-order chi connectivity index (χ0) is 15.9. The number of carbonyl (C=O) groups is 1. The quantitative estimate of drug-likeness (QED) is 0.858. The van der Waals surface area contributed by atoms with Crippen LogP contribution in [0.4, 0.5) is 4.79 Å². The first kappa shape index (κ1) is 16.3. The van der Waals surface area contributed by atoms with E-state index in [1.54, 1.807) is 6.33 Å². The van der Waals surface area contributed by atoms with E-state index in [1.807, 2.05) is 42.7 Å². The molecule has 0 saturated heterocycles. The summed E-state index contributed by atoms with van der Waals surface area (Å²) >= 11 is 6.12. The zero-order valence-corrected chi connectivity index (χ0v) is 13.5. The number of carbonyl (C=O) groups excluding carboxylic acids is 1. The van der Waals surface area contributed by atoms with Gasteiger partial charge in [-0.1, -0.05) is 29.8 Å². The highest BCUT2D eigenvalue weighted by Gasteiger charge is 2.11. The molecule has 1 heterocycles. The maximum absolute atomic E-state index is 11.9. The number of hydrogen-bond donors (Lipinski definition) is 2. The number of halogens is 1. The summed E-state index contributed by atoms with van der Waals surface area (Å²) in [4.78, 5) is 11.9. The highest BCUT2D eigenvalue weighted by atomic mass is 35.5. The van der Waals surface area contributed by atoms with Gasteiger partial charge in [0.1, 0.15) is 6.33 Å². The first-order valence-corrected chi connectivity index (χ1v) is 7.62. The molecule has 2 N–H and O–H groups in total. The Labute approximate surface area is 134 Å². The SMILES string of the molecule is CCn1cnnc1CNC(=O)N[C@@H](C)Cc1ccccc1Cl. The van der Waals surface area contributed by atoms with Crippen molar-refractivity contribution in [3.8, 4) is 0 Å². The molecule has 0 aliphatic heterocycles. The molecule has 0 fully saturated rings. The molecule has 7 heteroatoms. The molecule has 6 nitrogen and oxygen atoms in total. The lowest BCUT2D eigenvalue weighted by molar-refractivity contribution is 0.237. The van der Waals surface area contributed by atoms with Crippen LogP contribution in [-0.2, 0) is 19.5 Å². The van der Waals surface area contributed by atoms with Crippen molar-refractivity contribution in [1.29, 1.82) is 0 Å². The summed E-state index contributed by atoms with van der Waals surface area (Å²) in [5.41, 5.74) is 1.02. The van der Waals surface area contributed by atoms with Crippen molar-refractivity contribution >= 4 is 17.6 Å². The normalized spacial score (nSPS) is 12.0. The number of aromatic nitrogens is 3. The summed E-state index contributed by atoms with van der Waals surface area (Å²) in [6.07, 6.45) is 2.33. The Hall–Kier alpha value is -2.08. The van der Waals surface area contributed by atoms with Gasteiger partial charge in [0.25, 0.3) is 0 Å². The van der Waals surface area contributed by atoms with Crippen LogP contribution in [0, 0.1) is 0 Å². The first-order chi connectivity index (χ1) is 10.6. The molecule has 0 unspecified atom stereocenters. The minimum atomic E-state index is -0.231. The Kier molecular flexibility index (Phi) is 5.77. The predicted octanol–water partition coefficient (Wildman–Crippen LogP) is 2.38. The second kappa shape index (κ2) is 7.79. The van der Waals surface area contributed by atoms with E-state index in [1.165, 1.54) is 0 Å². The maximum Gasteiger partial charge on any atom is 0.315 e. The van der Waals surface area contributed by atoms with Gasteiger partial charge >= 0.3 is 6.03 Å². The van der Waals surface area contributed by atoms with Crippen LogP contribution in [0.15, 0.2) is 30.6 Å². The van der Waals surface area contributed by atoms with E-state index in [2.05, 4.69) is 20.8 Å². The maximum atomic E-state index is 11.9. The molecule has 2 rings (SSSR count). The lowest BCUT2D eigenvalue weighted by Gasteiger charge is -2.15. The van der Waals surface area contributed by atoms with Gasteiger partial charge in [-0.2, -0.15) is 0 Å². The number of benzene rings is 1. The van der Waals surface area contributed by atoms with Gasteiger partial charge in [-0.05, 0) is 31.9 Å². The summed E-state index contributed by atoms with van der Waals surface area (Å²) in [6, 6.07) is 7.38. The standard InChI is InChI=1S/C15H20ClN5O/c1-3-21-10-18-20-14(21)9-17-15(22)19-11(2)8-12-6-4-5-7-13(12)16/h4-7,10-11H,3,8-9H2,1-2H3,(H2,17,19,22)/t11-/m0/s1. The third kappa shape index (κ3) is 4.46. The number of rotatable bonds is 6. The van der Waals surface area contributed by atoms with Crippen molar-refractivity contribution in [3.63, 3.8) is 0 Å². The molecule has 2 amide bonds. The van der Waals surface area contributed by atoms with E-state index >= 15 is 0 Å². The minimum absolute atomic E-state index is 0.0241. The molecule has 0 spiro atoms. The third-order valence-corrected chi connectivity index (χ3v) is 3.67. The molecule has 2 aromatic rings. The van der Waals surface area contributed by atoms with E-state index in [9.17, 15) is 4.79 Å². The summed E-state index contributed by atoms with van der Waals surface area (Å²) in [5.74, 6) is 0.733.